The van der Waals surface area contributed by atoms with Gasteiger partial charge in [-0.05, 0) is 19.8 Å². The first-order valence-electron chi connectivity index (χ1n) is 7.20. The quantitative estimate of drug-likeness (QED) is 0.780. The average Bonchev–Trinajstić information content (AvgIpc) is 3.06. The highest BCUT2D eigenvalue weighted by Gasteiger charge is 2.60. The third-order valence-corrected chi connectivity index (χ3v) is 4.39. The van der Waals surface area contributed by atoms with Crippen LogP contribution >= 0.6 is 0 Å². The molecule has 1 saturated carbocycles. The number of nitrogens with zero attached hydrogens (tertiary/aromatic N) is 3. The Labute approximate surface area is 125 Å². The first kappa shape index (κ1) is 14.9. The summed E-state index contributed by atoms with van der Waals surface area (Å²) in [5, 5.41) is 12.2. The Hall–Kier alpha value is -2.06. The van der Waals surface area contributed by atoms with Gasteiger partial charge in [0.05, 0.1) is 11.7 Å². The Bertz CT molecular complexity index is 581. The van der Waals surface area contributed by atoms with E-state index in [0.29, 0.717) is 6.54 Å². The van der Waals surface area contributed by atoms with Crippen molar-refractivity contribution < 1.29 is 18.4 Å². The molecule has 1 atom stereocenters. The molecule has 120 valence electrons. The molecular formula is C13H17F2N5O2. The van der Waals surface area contributed by atoms with Crippen LogP contribution in [0, 0.1) is 0 Å². The van der Waals surface area contributed by atoms with E-state index in [9.17, 15) is 18.4 Å². The van der Waals surface area contributed by atoms with Crippen molar-refractivity contribution in [2.45, 2.75) is 50.1 Å². The van der Waals surface area contributed by atoms with Crippen LogP contribution in [0.25, 0.3) is 0 Å². The Morgan fingerprint density at radius 1 is 1.45 bits per heavy atom. The number of hydrogen-bond acceptors (Lipinski definition) is 4. The zero-order valence-electron chi connectivity index (χ0n) is 12.1. The van der Waals surface area contributed by atoms with E-state index >= 15 is 0 Å². The third-order valence-electron chi connectivity index (χ3n) is 4.39. The molecule has 1 aliphatic carbocycles. The summed E-state index contributed by atoms with van der Waals surface area (Å²) >= 11 is 0. The Kier molecular flexibility index (Phi) is 3.37. The van der Waals surface area contributed by atoms with Crippen LogP contribution in [0.1, 0.15) is 38.3 Å². The minimum absolute atomic E-state index is 0.0101. The number of H-pyrrole nitrogens is 1. The van der Waals surface area contributed by atoms with Crippen LogP contribution in [0.4, 0.5) is 8.78 Å². The molecule has 1 aliphatic heterocycles. The molecule has 22 heavy (non-hydrogen) atoms. The van der Waals surface area contributed by atoms with Crippen molar-refractivity contribution in [3.8, 4) is 0 Å². The number of aromatic nitrogens is 3. The third kappa shape index (κ3) is 2.44. The van der Waals surface area contributed by atoms with Crippen LogP contribution < -0.4 is 5.32 Å². The molecule has 2 amide bonds. The Balaban J connectivity index is 1.74. The van der Waals surface area contributed by atoms with Gasteiger partial charge in [0.1, 0.15) is 5.69 Å². The Morgan fingerprint density at radius 2 is 2.18 bits per heavy atom. The molecule has 0 aromatic carbocycles. The molecule has 0 spiro atoms. The number of aromatic amines is 1. The molecule has 7 nitrogen and oxygen atoms in total. The van der Waals surface area contributed by atoms with E-state index < -0.39 is 36.1 Å². The second-order valence-electron chi connectivity index (χ2n) is 6.09. The zero-order valence-corrected chi connectivity index (χ0v) is 12.1. The summed E-state index contributed by atoms with van der Waals surface area (Å²) in [5.41, 5.74) is -1.11. The van der Waals surface area contributed by atoms with Crippen molar-refractivity contribution in [2.24, 2.45) is 0 Å². The van der Waals surface area contributed by atoms with Crippen LogP contribution in [-0.4, -0.2) is 50.6 Å². The molecule has 0 bridgehead atoms. The molecule has 2 N–H and O–H groups in total. The first-order valence-corrected chi connectivity index (χ1v) is 7.20. The van der Waals surface area contributed by atoms with Crippen LogP contribution in [0.2, 0.25) is 0 Å². The van der Waals surface area contributed by atoms with Gasteiger partial charge in [-0.25, -0.2) is 8.78 Å². The van der Waals surface area contributed by atoms with Gasteiger partial charge in [0.25, 0.3) is 5.92 Å². The van der Waals surface area contributed by atoms with Crippen LogP contribution in [-0.2, 0) is 15.1 Å². The topological polar surface area (TPSA) is 91.0 Å². The van der Waals surface area contributed by atoms with Gasteiger partial charge in [0.15, 0.2) is 0 Å². The van der Waals surface area contributed by atoms with E-state index in [1.165, 1.54) is 11.1 Å². The predicted octanol–water partition coefficient (Wildman–Crippen LogP) is 0.556. The maximum atomic E-state index is 13.3. The average molecular weight is 313 g/mol. The molecule has 1 aromatic heterocycles. The summed E-state index contributed by atoms with van der Waals surface area (Å²) in [7, 11) is 0. The number of alkyl halides is 2. The number of halogens is 2. The molecule has 3 rings (SSSR count). The van der Waals surface area contributed by atoms with E-state index in [1.54, 1.807) is 0 Å². The van der Waals surface area contributed by atoms with Gasteiger partial charge in [-0.2, -0.15) is 15.4 Å². The van der Waals surface area contributed by atoms with E-state index in [4.69, 9.17) is 0 Å². The summed E-state index contributed by atoms with van der Waals surface area (Å²) in [4.78, 5) is 25.8. The van der Waals surface area contributed by atoms with Gasteiger partial charge in [-0.1, -0.05) is 0 Å². The number of amides is 2. The maximum absolute atomic E-state index is 13.3. The van der Waals surface area contributed by atoms with Crippen molar-refractivity contribution >= 4 is 11.8 Å². The monoisotopic (exact) mass is 313 g/mol. The summed E-state index contributed by atoms with van der Waals surface area (Å²) in [5.74, 6) is -4.42. The lowest BCUT2D eigenvalue weighted by atomic mass is 9.71. The lowest BCUT2D eigenvalue weighted by Gasteiger charge is -2.46. The molecule has 2 fully saturated rings. The van der Waals surface area contributed by atoms with Crippen molar-refractivity contribution in [2.75, 3.05) is 6.54 Å². The largest absolute Gasteiger partial charge is 0.336 e. The summed E-state index contributed by atoms with van der Waals surface area (Å²) < 4.78 is 26.7. The van der Waals surface area contributed by atoms with Crippen molar-refractivity contribution in [1.29, 1.82) is 0 Å². The minimum atomic E-state index is -2.88. The summed E-state index contributed by atoms with van der Waals surface area (Å²) in [6.07, 6.45) is 1.80. The Morgan fingerprint density at radius 3 is 2.68 bits per heavy atom. The number of rotatable bonds is 2. The summed E-state index contributed by atoms with van der Waals surface area (Å²) in [6, 6.07) is -0.0101. The van der Waals surface area contributed by atoms with Crippen molar-refractivity contribution in [1.82, 2.24) is 25.6 Å². The van der Waals surface area contributed by atoms with Gasteiger partial charge in [0, 0.05) is 25.4 Å². The predicted molar refractivity (Wildman–Crippen MR) is 70.8 cm³/mol. The molecule has 9 heteroatoms. The highest BCUT2D eigenvalue weighted by molar-refractivity contribution is 6.35. The number of hydrogen-bond donors (Lipinski definition) is 2. The van der Waals surface area contributed by atoms with E-state index in [1.807, 2.05) is 6.92 Å². The number of nitrogens with one attached hydrogen (secondary N) is 2. The second kappa shape index (κ2) is 4.99. The fourth-order valence-corrected chi connectivity index (χ4v) is 3.23. The van der Waals surface area contributed by atoms with Crippen molar-refractivity contribution in [3.63, 3.8) is 0 Å². The van der Waals surface area contributed by atoms with E-state index in [-0.39, 0.29) is 11.7 Å². The second-order valence-corrected chi connectivity index (χ2v) is 6.09. The van der Waals surface area contributed by atoms with Crippen LogP contribution in [0.15, 0.2) is 6.20 Å². The van der Waals surface area contributed by atoms with Gasteiger partial charge in [0.2, 0.25) is 0 Å². The molecule has 1 aromatic rings. The SMILES string of the molecule is C[C@H]1CCCN1C(=O)C(=O)NC1(c2cn[nH]n2)CC(F)(F)C1. The molecular weight excluding hydrogens is 296 g/mol. The van der Waals surface area contributed by atoms with Gasteiger partial charge < -0.3 is 10.2 Å². The lowest BCUT2D eigenvalue weighted by molar-refractivity contribution is -0.160. The van der Waals surface area contributed by atoms with E-state index in [0.717, 1.165) is 12.8 Å². The van der Waals surface area contributed by atoms with Crippen molar-refractivity contribution in [3.05, 3.63) is 11.9 Å². The smallest absolute Gasteiger partial charge is 0.312 e. The molecule has 2 aliphatic rings. The standard InChI is InChI=1S/C13H17F2N5O2/c1-8-3-2-4-20(8)11(22)10(21)17-12(6-13(14,15)7-12)9-5-16-19-18-9/h5,8H,2-4,6-7H2,1H3,(H,17,21)(H,16,18,19)/t8-/m0/s1. The fourth-order valence-electron chi connectivity index (χ4n) is 3.23. The number of carbonyl (C=O) groups is 2. The lowest BCUT2D eigenvalue weighted by Crippen LogP contribution is -2.62. The minimum Gasteiger partial charge on any atom is -0.336 e. The first-order chi connectivity index (χ1) is 10.3. The van der Waals surface area contributed by atoms with Crippen LogP contribution in [0.5, 0.6) is 0 Å². The fraction of sp³-hybridized carbons (Fsp3) is 0.692. The van der Waals surface area contributed by atoms with Gasteiger partial charge >= 0.3 is 11.8 Å². The van der Waals surface area contributed by atoms with Gasteiger partial charge in [-0.15, -0.1) is 0 Å². The van der Waals surface area contributed by atoms with E-state index in [2.05, 4.69) is 20.7 Å². The molecule has 0 radical (unpaired) electrons. The normalized spacial score (nSPS) is 25.6. The maximum Gasteiger partial charge on any atom is 0.312 e. The highest BCUT2D eigenvalue weighted by Crippen LogP contribution is 2.50. The number of carbonyl (C=O) groups excluding carboxylic acids is 2. The van der Waals surface area contributed by atoms with Gasteiger partial charge in [-0.3, -0.25) is 9.59 Å². The van der Waals surface area contributed by atoms with Crippen LogP contribution in [0.3, 0.4) is 0 Å². The zero-order chi connectivity index (χ0) is 16.0. The molecule has 0 unspecified atom stereocenters. The number of likely N-dealkylation sites (tertiary alicyclic amines) is 1. The molecule has 1 saturated heterocycles. The molecule has 2 heterocycles. The summed E-state index contributed by atoms with van der Waals surface area (Å²) in [6.45, 7) is 2.38. The highest BCUT2D eigenvalue weighted by atomic mass is 19.3.